The third-order valence-electron chi connectivity index (χ3n) is 4.51. The molecule has 1 fully saturated rings. The van der Waals surface area contributed by atoms with E-state index in [-0.39, 0.29) is 12.5 Å². The molecule has 0 atom stereocenters. The van der Waals surface area contributed by atoms with Crippen LogP contribution >= 0.6 is 11.6 Å². The molecule has 1 aliphatic rings. The van der Waals surface area contributed by atoms with Crippen LogP contribution in [0.4, 0.5) is 5.69 Å². The standard InChI is InChI=1S/C20H27ClN6O2/c1-3-22-20(23-7-10-29-15-16-5-4-6-17(21)11-16)26-8-9-27(19(28)14-26)18-12-24-25(2)13-18/h4-6,11-13H,3,7-10,14-15H2,1-2H3,(H,22,23). The van der Waals surface area contributed by atoms with Crippen molar-refractivity contribution in [1.29, 1.82) is 0 Å². The van der Waals surface area contributed by atoms with E-state index in [1.54, 1.807) is 15.8 Å². The molecule has 0 aliphatic carbocycles. The van der Waals surface area contributed by atoms with Crippen LogP contribution in [0.1, 0.15) is 12.5 Å². The highest BCUT2D eigenvalue weighted by Gasteiger charge is 2.27. The van der Waals surface area contributed by atoms with Crippen molar-refractivity contribution in [2.75, 3.05) is 44.2 Å². The number of ether oxygens (including phenoxy) is 1. The Morgan fingerprint density at radius 1 is 1.38 bits per heavy atom. The van der Waals surface area contributed by atoms with Gasteiger partial charge in [0.05, 0.1) is 31.6 Å². The van der Waals surface area contributed by atoms with Crippen LogP contribution in [0.3, 0.4) is 0 Å². The number of aryl methyl sites for hydroxylation is 1. The number of piperazine rings is 1. The molecule has 0 saturated carbocycles. The number of hydrogen-bond acceptors (Lipinski definition) is 4. The van der Waals surface area contributed by atoms with Gasteiger partial charge in [0.1, 0.15) is 6.54 Å². The maximum Gasteiger partial charge on any atom is 0.246 e. The van der Waals surface area contributed by atoms with Crippen molar-refractivity contribution >= 4 is 29.2 Å². The molecule has 29 heavy (non-hydrogen) atoms. The van der Waals surface area contributed by atoms with Gasteiger partial charge in [-0.05, 0) is 24.6 Å². The molecular weight excluding hydrogens is 392 g/mol. The van der Waals surface area contributed by atoms with Crippen molar-refractivity contribution in [3.05, 3.63) is 47.2 Å². The Kier molecular flexibility index (Phi) is 7.48. The first kappa shape index (κ1) is 21.1. The number of anilines is 1. The highest BCUT2D eigenvalue weighted by Crippen LogP contribution is 2.16. The summed E-state index contributed by atoms with van der Waals surface area (Å²) >= 11 is 5.98. The second kappa shape index (κ2) is 10.3. The van der Waals surface area contributed by atoms with E-state index in [9.17, 15) is 4.79 Å². The Balaban J connectivity index is 1.50. The highest BCUT2D eigenvalue weighted by atomic mass is 35.5. The third-order valence-corrected chi connectivity index (χ3v) is 4.75. The van der Waals surface area contributed by atoms with Crippen LogP contribution in [0.15, 0.2) is 41.7 Å². The van der Waals surface area contributed by atoms with E-state index in [0.717, 1.165) is 23.8 Å². The van der Waals surface area contributed by atoms with Gasteiger partial charge in [-0.25, -0.2) is 0 Å². The molecule has 2 heterocycles. The largest absolute Gasteiger partial charge is 0.375 e. The van der Waals surface area contributed by atoms with Crippen LogP contribution in [-0.2, 0) is 23.2 Å². The second-order valence-electron chi connectivity index (χ2n) is 6.76. The Hall–Kier alpha value is -2.58. The fourth-order valence-electron chi connectivity index (χ4n) is 3.13. The molecular formula is C20H27ClN6O2. The maximum absolute atomic E-state index is 12.6. The predicted molar refractivity (Wildman–Crippen MR) is 114 cm³/mol. The van der Waals surface area contributed by atoms with Gasteiger partial charge in [0.25, 0.3) is 0 Å². The van der Waals surface area contributed by atoms with Gasteiger partial charge in [0, 0.05) is 37.9 Å². The van der Waals surface area contributed by atoms with Crippen molar-refractivity contribution in [3.8, 4) is 0 Å². The van der Waals surface area contributed by atoms with Crippen LogP contribution < -0.4 is 10.2 Å². The van der Waals surface area contributed by atoms with Gasteiger partial charge in [-0.1, -0.05) is 23.7 Å². The van der Waals surface area contributed by atoms with Crippen molar-refractivity contribution in [1.82, 2.24) is 20.0 Å². The van der Waals surface area contributed by atoms with Gasteiger partial charge in [-0.3, -0.25) is 14.5 Å². The highest BCUT2D eigenvalue weighted by molar-refractivity contribution is 6.30. The molecule has 1 saturated heterocycles. The molecule has 0 radical (unpaired) electrons. The van der Waals surface area contributed by atoms with E-state index in [4.69, 9.17) is 16.3 Å². The number of aromatic nitrogens is 2. The smallest absolute Gasteiger partial charge is 0.246 e. The number of amides is 1. The number of carbonyl (C=O) groups is 1. The average molecular weight is 419 g/mol. The number of nitrogens with one attached hydrogen (secondary N) is 1. The van der Waals surface area contributed by atoms with Crippen LogP contribution in [0.2, 0.25) is 5.02 Å². The van der Waals surface area contributed by atoms with Crippen LogP contribution in [0.5, 0.6) is 0 Å². The summed E-state index contributed by atoms with van der Waals surface area (Å²) < 4.78 is 7.39. The zero-order valence-corrected chi connectivity index (χ0v) is 17.6. The summed E-state index contributed by atoms with van der Waals surface area (Å²) in [6.07, 6.45) is 3.56. The number of nitrogens with zero attached hydrogens (tertiary/aromatic N) is 5. The SMILES string of the molecule is CCNC(=NCCOCc1cccc(Cl)c1)N1CCN(c2cnn(C)c2)C(=O)C1. The lowest BCUT2D eigenvalue weighted by Crippen LogP contribution is -2.55. The number of rotatable bonds is 7. The predicted octanol–water partition coefficient (Wildman–Crippen LogP) is 1.90. The molecule has 0 unspecified atom stereocenters. The molecule has 1 aromatic carbocycles. The molecule has 3 rings (SSSR count). The molecule has 1 N–H and O–H groups in total. The number of hydrogen-bond donors (Lipinski definition) is 1. The first-order chi connectivity index (χ1) is 14.1. The van der Waals surface area contributed by atoms with Gasteiger partial charge >= 0.3 is 0 Å². The van der Waals surface area contributed by atoms with Gasteiger partial charge < -0.3 is 19.9 Å². The number of benzene rings is 1. The zero-order valence-electron chi connectivity index (χ0n) is 16.8. The summed E-state index contributed by atoms with van der Waals surface area (Å²) in [4.78, 5) is 21.0. The maximum atomic E-state index is 12.6. The number of halogens is 1. The summed E-state index contributed by atoms with van der Waals surface area (Å²) in [5, 5.41) is 8.11. The van der Waals surface area contributed by atoms with Crippen LogP contribution in [-0.4, -0.2) is 65.9 Å². The lowest BCUT2D eigenvalue weighted by Gasteiger charge is -2.35. The van der Waals surface area contributed by atoms with E-state index < -0.39 is 0 Å². The minimum absolute atomic E-state index is 0.0343. The van der Waals surface area contributed by atoms with Crippen LogP contribution in [0, 0.1) is 0 Å². The summed E-state index contributed by atoms with van der Waals surface area (Å²) in [7, 11) is 1.84. The zero-order chi connectivity index (χ0) is 20.6. The summed E-state index contributed by atoms with van der Waals surface area (Å²) in [5.41, 5.74) is 1.86. The normalized spacial score (nSPS) is 15.1. The molecule has 9 heteroatoms. The summed E-state index contributed by atoms with van der Waals surface area (Å²) in [6, 6.07) is 7.62. The fraction of sp³-hybridized carbons (Fsp3) is 0.450. The van der Waals surface area contributed by atoms with Gasteiger partial charge in [-0.15, -0.1) is 0 Å². The van der Waals surface area contributed by atoms with E-state index in [1.807, 2.05) is 49.3 Å². The fourth-order valence-corrected chi connectivity index (χ4v) is 3.35. The van der Waals surface area contributed by atoms with Crippen molar-refractivity contribution < 1.29 is 9.53 Å². The van der Waals surface area contributed by atoms with E-state index in [2.05, 4.69) is 15.4 Å². The minimum atomic E-state index is 0.0343. The van der Waals surface area contributed by atoms with Gasteiger partial charge in [-0.2, -0.15) is 5.10 Å². The first-order valence-electron chi connectivity index (χ1n) is 9.71. The van der Waals surface area contributed by atoms with Crippen molar-refractivity contribution in [2.24, 2.45) is 12.0 Å². The third kappa shape index (κ3) is 5.95. The number of carbonyl (C=O) groups excluding carboxylic acids is 1. The van der Waals surface area contributed by atoms with Gasteiger partial charge in [0.2, 0.25) is 5.91 Å². The van der Waals surface area contributed by atoms with Crippen molar-refractivity contribution in [2.45, 2.75) is 13.5 Å². The number of guanidine groups is 1. The molecule has 0 bridgehead atoms. The topological polar surface area (TPSA) is 75.0 Å². The first-order valence-corrected chi connectivity index (χ1v) is 10.1. The van der Waals surface area contributed by atoms with E-state index >= 15 is 0 Å². The Morgan fingerprint density at radius 3 is 2.93 bits per heavy atom. The summed E-state index contributed by atoms with van der Waals surface area (Å²) in [6.45, 7) is 5.83. The Bertz CT molecular complexity index is 853. The average Bonchev–Trinajstić information content (AvgIpc) is 3.13. The lowest BCUT2D eigenvalue weighted by molar-refractivity contribution is -0.120. The quantitative estimate of drug-likeness (QED) is 0.422. The van der Waals surface area contributed by atoms with Crippen molar-refractivity contribution in [3.63, 3.8) is 0 Å². The molecule has 1 amide bonds. The summed E-state index contributed by atoms with van der Waals surface area (Å²) in [5.74, 6) is 0.769. The molecule has 0 spiro atoms. The number of aliphatic imine (C=N–C) groups is 1. The monoisotopic (exact) mass is 418 g/mol. The molecule has 1 aliphatic heterocycles. The molecule has 2 aromatic rings. The van der Waals surface area contributed by atoms with E-state index in [1.165, 1.54) is 0 Å². The van der Waals surface area contributed by atoms with Gasteiger partial charge in [0.15, 0.2) is 5.96 Å². The Morgan fingerprint density at radius 2 is 2.24 bits per heavy atom. The molecule has 1 aromatic heterocycles. The van der Waals surface area contributed by atoms with E-state index in [0.29, 0.717) is 37.9 Å². The van der Waals surface area contributed by atoms with Crippen LogP contribution in [0.25, 0.3) is 0 Å². The second-order valence-corrected chi connectivity index (χ2v) is 7.19. The Labute approximate surface area is 176 Å². The molecule has 156 valence electrons. The minimum Gasteiger partial charge on any atom is -0.375 e. The lowest BCUT2D eigenvalue weighted by atomic mass is 10.2. The molecule has 8 nitrogen and oxygen atoms in total.